The zero-order valence-corrected chi connectivity index (χ0v) is 11.8. The fraction of sp³-hybridized carbons (Fsp3) is 0.333. The minimum absolute atomic E-state index is 0.183. The van der Waals surface area contributed by atoms with Crippen LogP contribution in [0.3, 0.4) is 0 Å². The molecule has 0 aliphatic rings. The lowest BCUT2D eigenvalue weighted by molar-refractivity contribution is 0.0282. The second-order valence-electron chi connectivity index (χ2n) is 5.34. The van der Waals surface area contributed by atoms with Crippen LogP contribution in [0.15, 0.2) is 41.6 Å². The van der Waals surface area contributed by atoms with Gasteiger partial charge in [-0.25, -0.2) is 0 Å². The molecule has 0 aliphatic heterocycles. The van der Waals surface area contributed by atoms with E-state index in [1.54, 1.807) is 38.4 Å². The molecule has 0 unspecified atom stereocenters. The van der Waals surface area contributed by atoms with Crippen LogP contribution in [0.5, 0.6) is 5.75 Å². The zero-order valence-electron chi connectivity index (χ0n) is 11.8. The normalized spacial score (nSPS) is 11.4. The summed E-state index contributed by atoms with van der Waals surface area (Å²) < 4.78 is 7.09. The first kappa shape index (κ1) is 14.3. The van der Waals surface area contributed by atoms with Crippen molar-refractivity contribution in [1.29, 1.82) is 0 Å². The Hall–Kier alpha value is -2.14. The van der Waals surface area contributed by atoms with Gasteiger partial charge in [-0.2, -0.15) is 0 Å². The Morgan fingerprint density at radius 1 is 1.40 bits per heavy atom. The van der Waals surface area contributed by atoms with Crippen molar-refractivity contribution < 1.29 is 9.84 Å². The molecule has 5 nitrogen and oxygen atoms in total. The molecule has 20 heavy (non-hydrogen) atoms. The summed E-state index contributed by atoms with van der Waals surface area (Å²) in [4.78, 5) is 15.5. The van der Waals surface area contributed by atoms with Crippen LogP contribution in [-0.4, -0.2) is 26.9 Å². The standard InChI is InChI=1S/C15H18N2O3/c1-11-8-12(17-7-6-16-9-14(17)18)4-5-13(11)20-10-15(2,3)19/h4-9,19H,10H2,1-3H3. The van der Waals surface area contributed by atoms with E-state index in [1.807, 2.05) is 13.0 Å². The van der Waals surface area contributed by atoms with Crippen LogP contribution in [0.1, 0.15) is 19.4 Å². The topological polar surface area (TPSA) is 64.4 Å². The maximum Gasteiger partial charge on any atom is 0.273 e. The van der Waals surface area contributed by atoms with E-state index < -0.39 is 5.60 Å². The highest BCUT2D eigenvalue weighted by atomic mass is 16.5. The van der Waals surface area contributed by atoms with Gasteiger partial charge in [0.2, 0.25) is 0 Å². The van der Waals surface area contributed by atoms with E-state index in [4.69, 9.17) is 4.74 Å². The number of aromatic nitrogens is 2. The minimum atomic E-state index is -0.882. The molecule has 0 saturated carbocycles. The summed E-state index contributed by atoms with van der Waals surface area (Å²) in [5.41, 5.74) is 0.589. The highest BCUT2D eigenvalue weighted by Crippen LogP contribution is 2.21. The van der Waals surface area contributed by atoms with Gasteiger partial charge < -0.3 is 9.84 Å². The van der Waals surface area contributed by atoms with Crippen LogP contribution < -0.4 is 10.3 Å². The molecule has 1 aromatic heterocycles. The van der Waals surface area contributed by atoms with Crippen LogP contribution >= 0.6 is 0 Å². The summed E-state index contributed by atoms with van der Waals surface area (Å²) in [6, 6.07) is 5.46. The van der Waals surface area contributed by atoms with Crippen LogP contribution in [0, 0.1) is 6.92 Å². The molecule has 0 radical (unpaired) electrons. The van der Waals surface area contributed by atoms with Crippen LogP contribution in [0.4, 0.5) is 0 Å². The summed E-state index contributed by atoms with van der Waals surface area (Å²) in [5.74, 6) is 0.693. The molecule has 5 heteroatoms. The smallest absolute Gasteiger partial charge is 0.273 e. The molecule has 1 N–H and O–H groups in total. The number of aliphatic hydroxyl groups is 1. The fourth-order valence-corrected chi connectivity index (χ4v) is 1.76. The molecule has 1 heterocycles. The Balaban J connectivity index is 2.27. The molecule has 0 aliphatic carbocycles. The molecule has 0 atom stereocenters. The largest absolute Gasteiger partial charge is 0.490 e. The molecule has 2 aromatic rings. The predicted molar refractivity (Wildman–Crippen MR) is 76.4 cm³/mol. The van der Waals surface area contributed by atoms with Crippen molar-refractivity contribution in [3.8, 4) is 11.4 Å². The van der Waals surface area contributed by atoms with Gasteiger partial charge >= 0.3 is 0 Å². The quantitative estimate of drug-likeness (QED) is 0.921. The lowest BCUT2D eigenvalue weighted by Crippen LogP contribution is -2.28. The summed E-state index contributed by atoms with van der Waals surface area (Å²) in [6.07, 6.45) is 4.46. The zero-order chi connectivity index (χ0) is 14.8. The van der Waals surface area contributed by atoms with Crippen molar-refractivity contribution in [3.05, 3.63) is 52.7 Å². The van der Waals surface area contributed by atoms with Gasteiger partial charge in [0.1, 0.15) is 12.4 Å². The molecular weight excluding hydrogens is 256 g/mol. The SMILES string of the molecule is Cc1cc(-n2ccncc2=O)ccc1OCC(C)(C)O. The van der Waals surface area contributed by atoms with Gasteiger partial charge in [-0.3, -0.25) is 14.3 Å². The van der Waals surface area contributed by atoms with E-state index in [0.717, 1.165) is 11.3 Å². The van der Waals surface area contributed by atoms with E-state index in [-0.39, 0.29) is 12.2 Å². The third kappa shape index (κ3) is 3.45. The van der Waals surface area contributed by atoms with Crippen molar-refractivity contribution in [2.24, 2.45) is 0 Å². The minimum Gasteiger partial charge on any atom is -0.490 e. The van der Waals surface area contributed by atoms with Crippen molar-refractivity contribution in [3.63, 3.8) is 0 Å². The fourth-order valence-electron chi connectivity index (χ4n) is 1.76. The van der Waals surface area contributed by atoms with Crippen LogP contribution in [-0.2, 0) is 0 Å². The van der Waals surface area contributed by atoms with E-state index in [0.29, 0.717) is 5.75 Å². The highest BCUT2D eigenvalue weighted by molar-refractivity contribution is 5.43. The van der Waals surface area contributed by atoms with Crippen molar-refractivity contribution in [2.75, 3.05) is 6.61 Å². The van der Waals surface area contributed by atoms with Crippen LogP contribution in [0.25, 0.3) is 5.69 Å². The third-order valence-corrected chi connectivity index (χ3v) is 2.74. The van der Waals surface area contributed by atoms with Gasteiger partial charge in [0.25, 0.3) is 5.56 Å². The monoisotopic (exact) mass is 274 g/mol. The predicted octanol–water partition coefficient (Wildman–Crippen LogP) is 1.69. The molecular formula is C15H18N2O3. The summed E-state index contributed by atoms with van der Waals surface area (Å²) in [5, 5.41) is 9.66. The van der Waals surface area contributed by atoms with Gasteiger partial charge in [-0.15, -0.1) is 0 Å². The first-order valence-corrected chi connectivity index (χ1v) is 6.36. The van der Waals surface area contributed by atoms with Gasteiger partial charge in [-0.1, -0.05) is 0 Å². The second kappa shape index (κ2) is 5.46. The average Bonchev–Trinajstić information content (AvgIpc) is 2.37. The van der Waals surface area contributed by atoms with Crippen molar-refractivity contribution >= 4 is 0 Å². The molecule has 0 fully saturated rings. The Kier molecular flexibility index (Phi) is 3.90. The van der Waals surface area contributed by atoms with Crippen LogP contribution in [0.2, 0.25) is 0 Å². The molecule has 0 spiro atoms. The first-order valence-electron chi connectivity index (χ1n) is 6.36. The van der Waals surface area contributed by atoms with E-state index >= 15 is 0 Å². The number of nitrogens with zero attached hydrogens (tertiary/aromatic N) is 2. The Bertz CT molecular complexity index is 657. The Morgan fingerprint density at radius 3 is 2.75 bits per heavy atom. The first-order chi connectivity index (χ1) is 9.37. The molecule has 2 rings (SSSR count). The highest BCUT2D eigenvalue weighted by Gasteiger charge is 2.14. The van der Waals surface area contributed by atoms with E-state index in [1.165, 1.54) is 10.8 Å². The molecule has 106 valence electrons. The second-order valence-corrected chi connectivity index (χ2v) is 5.34. The van der Waals surface area contributed by atoms with Crippen molar-refractivity contribution in [1.82, 2.24) is 9.55 Å². The van der Waals surface area contributed by atoms with Gasteiger partial charge in [0, 0.05) is 18.1 Å². The molecule has 1 aromatic carbocycles. The Labute approximate surface area is 117 Å². The third-order valence-electron chi connectivity index (χ3n) is 2.74. The lowest BCUT2D eigenvalue weighted by atomic mass is 10.1. The average molecular weight is 274 g/mol. The number of ether oxygens (including phenoxy) is 1. The summed E-state index contributed by atoms with van der Waals surface area (Å²) in [6.45, 7) is 5.48. The van der Waals surface area contributed by atoms with Gasteiger partial charge in [-0.05, 0) is 44.5 Å². The number of hydrogen-bond donors (Lipinski definition) is 1. The maximum absolute atomic E-state index is 11.7. The number of rotatable bonds is 4. The van der Waals surface area contributed by atoms with E-state index in [2.05, 4.69) is 4.98 Å². The Morgan fingerprint density at radius 2 is 2.15 bits per heavy atom. The molecule has 0 bridgehead atoms. The summed E-state index contributed by atoms with van der Waals surface area (Å²) in [7, 11) is 0. The number of aryl methyl sites for hydroxylation is 1. The lowest BCUT2D eigenvalue weighted by Gasteiger charge is -2.19. The van der Waals surface area contributed by atoms with Gasteiger partial charge in [0.15, 0.2) is 0 Å². The number of hydrogen-bond acceptors (Lipinski definition) is 4. The number of benzene rings is 1. The van der Waals surface area contributed by atoms with Gasteiger partial charge in [0.05, 0.1) is 11.8 Å². The maximum atomic E-state index is 11.7. The molecule has 0 amide bonds. The van der Waals surface area contributed by atoms with E-state index in [9.17, 15) is 9.90 Å². The van der Waals surface area contributed by atoms with Crippen molar-refractivity contribution in [2.45, 2.75) is 26.4 Å². The molecule has 0 saturated heterocycles. The summed E-state index contributed by atoms with van der Waals surface area (Å²) >= 11 is 0.